The van der Waals surface area contributed by atoms with Gasteiger partial charge in [-0.25, -0.2) is 0 Å². The summed E-state index contributed by atoms with van der Waals surface area (Å²) in [4.78, 5) is 24.5. The molecule has 0 saturated heterocycles. The second kappa shape index (κ2) is 11.0. The second-order valence-electron chi connectivity index (χ2n) is 6.90. The first-order valence-electron chi connectivity index (χ1n) is 9.24. The Balaban J connectivity index is 1.81. The molecule has 0 aliphatic carbocycles. The summed E-state index contributed by atoms with van der Waals surface area (Å²) in [6, 6.07) is 14.0. The highest BCUT2D eigenvalue weighted by Gasteiger charge is 2.08. The molecule has 0 spiro atoms. The Hall–Kier alpha value is -2.16. The standard InChI is InChI=1S/C24H24Cl2O2/c1-17(13-23(27)19-9-5-11-21(25)15-19)7-3-4-8-18(2)14-24(28)20-10-6-12-22(26)16-20/h5-12,15-16H,3-4,13-14H2,1-2H3/b17-7+,18-8+. The van der Waals surface area contributed by atoms with E-state index < -0.39 is 0 Å². The third-order valence-corrected chi connectivity index (χ3v) is 4.79. The molecule has 2 aromatic rings. The van der Waals surface area contributed by atoms with Gasteiger partial charge in [-0.2, -0.15) is 0 Å². The quantitative estimate of drug-likeness (QED) is 0.241. The van der Waals surface area contributed by atoms with E-state index in [0.29, 0.717) is 34.0 Å². The lowest BCUT2D eigenvalue weighted by molar-refractivity contribution is 0.0984. The lowest BCUT2D eigenvalue weighted by Gasteiger charge is -2.04. The maximum Gasteiger partial charge on any atom is 0.166 e. The summed E-state index contributed by atoms with van der Waals surface area (Å²) in [5.41, 5.74) is 3.34. The fraction of sp³-hybridized carbons (Fsp3) is 0.250. The molecule has 0 heterocycles. The summed E-state index contributed by atoms with van der Waals surface area (Å²) >= 11 is 11.9. The smallest absolute Gasteiger partial charge is 0.166 e. The van der Waals surface area contributed by atoms with Crippen molar-refractivity contribution in [1.29, 1.82) is 0 Å². The van der Waals surface area contributed by atoms with Crippen LogP contribution < -0.4 is 0 Å². The van der Waals surface area contributed by atoms with E-state index >= 15 is 0 Å². The molecule has 0 aliphatic rings. The Morgan fingerprint density at radius 1 is 0.750 bits per heavy atom. The number of benzene rings is 2. The van der Waals surface area contributed by atoms with Crippen LogP contribution in [0.2, 0.25) is 10.0 Å². The van der Waals surface area contributed by atoms with Crippen LogP contribution in [0.3, 0.4) is 0 Å². The normalized spacial score (nSPS) is 12.1. The third kappa shape index (κ3) is 7.46. The fourth-order valence-electron chi connectivity index (χ4n) is 2.84. The Labute approximate surface area is 176 Å². The number of ketones is 2. The zero-order valence-electron chi connectivity index (χ0n) is 16.2. The van der Waals surface area contributed by atoms with Gasteiger partial charge >= 0.3 is 0 Å². The number of hydrogen-bond donors (Lipinski definition) is 0. The van der Waals surface area contributed by atoms with Gasteiger partial charge in [-0.15, -0.1) is 0 Å². The number of Topliss-reactive ketones (excluding diaryl/α,β-unsaturated/α-hetero) is 2. The number of carbonyl (C=O) groups excluding carboxylic acids is 2. The van der Waals surface area contributed by atoms with Gasteiger partial charge in [-0.1, -0.05) is 70.8 Å². The van der Waals surface area contributed by atoms with Crippen LogP contribution in [-0.4, -0.2) is 11.6 Å². The highest BCUT2D eigenvalue weighted by molar-refractivity contribution is 6.31. The molecule has 0 bridgehead atoms. The van der Waals surface area contributed by atoms with E-state index in [1.54, 1.807) is 48.5 Å². The topological polar surface area (TPSA) is 34.1 Å². The van der Waals surface area contributed by atoms with Crippen molar-refractivity contribution >= 4 is 34.8 Å². The largest absolute Gasteiger partial charge is 0.294 e. The molecule has 0 N–H and O–H groups in total. The highest BCUT2D eigenvalue weighted by atomic mass is 35.5. The maximum atomic E-state index is 12.3. The van der Waals surface area contributed by atoms with Gasteiger partial charge < -0.3 is 0 Å². The van der Waals surface area contributed by atoms with Crippen LogP contribution >= 0.6 is 23.2 Å². The molecule has 2 aromatic carbocycles. The summed E-state index contributed by atoms with van der Waals surface area (Å²) in [5, 5.41) is 1.14. The molecular formula is C24H24Cl2O2. The Morgan fingerprint density at radius 3 is 1.50 bits per heavy atom. The number of halogens is 2. The number of allylic oxidation sites excluding steroid dienone is 4. The van der Waals surface area contributed by atoms with E-state index in [4.69, 9.17) is 23.2 Å². The van der Waals surface area contributed by atoms with Crippen LogP contribution in [0.4, 0.5) is 0 Å². The Kier molecular flexibility index (Phi) is 8.69. The van der Waals surface area contributed by atoms with E-state index in [-0.39, 0.29) is 11.6 Å². The van der Waals surface area contributed by atoms with Crippen molar-refractivity contribution in [3.8, 4) is 0 Å². The first-order chi connectivity index (χ1) is 13.3. The molecule has 0 aliphatic heterocycles. The monoisotopic (exact) mass is 414 g/mol. The predicted octanol–water partition coefficient (Wildman–Crippen LogP) is 7.51. The SMILES string of the molecule is C/C(=C\CC/C=C(\C)CC(=O)c1cccc(Cl)c1)CC(=O)c1cccc(Cl)c1. The van der Waals surface area contributed by atoms with Crippen LogP contribution in [-0.2, 0) is 0 Å². The van der Waals surface area contributed by atoms with Crippen molar-refractivity contribution in [2.24, 2.45) is 0 Å². The number of rotatable bonds is 9. The highest BCUT2D eigenvalue weighted by Crippen LogP contribution is 2.17. The van der Waals surface area contributed by atoms with Gasteiger partial charge in [0.05, 0.1) is 0 Å². The molecule has 0 radical (unpaired) electrons. The average molecular weight is 415 g/mol. The van der Waals surface area contributed by atoms with E-state index in [1.165, 1.54) is 0 Å². The van der Waals surface area contributed by atoms with Gasteiger partial charge in [0.15, 0.2) is 11.6 Å². The lowest BCUT2D eigenvalue weighted by atomic mass is 10.0. The lowest BCUT2D eigenvalue weighted by Crippen LogP contribution is -2.00. The number of hydrogen-bond acceptors (Lipinski definition) is 2. The van der Waals surface area contributed by atoms with Crippen molar-refractivity contribution in [1.82, 2.24) is 0 Å². The number of carbonyl (C=O) groups is 2. The molecule has 0 fully saturated rings. The van der Waals surface area contributed by atoms with Crippen molar-refractivity contribution in [3.05, 3.63) is 93.0 Å². The number of unbranched alkanes of at least 4 members (excludes halogenated alkanes) is 1. The van der Waals surface area contributed by atoms with Gasteiger partial charge in [-0.3, -0.25) is 9.59 Å². The summed E-state index contributed by atoms with van der Waals surface area (Å²) in [6.45, 7) is 3.92. The molecule has 0 saturated carbocycles. The zero-order valence-corrected chi connectivity index (χ0v) is 17.7. The van der Waals surface area contributed by atoms with Gasteiger partial charge in [0.1, 0.15) is 0 Å². The summed E-state index contributed by atoms with van der Waals surface area (Å²) in [6.07, 6.45) is 6.58. The summed E-state index contributed by atoms with van der Waals surface area (Å²) in [7, 11) is 0. The van der Waals surface area contributed by atoms with Crippen LogP contribution in [0.25, 0.3) is 0 Å². The van der Waals surface area contributed by atoms with E-state index in [9.17, 15) is 9.59 Å². The van der Waals surface area contributed by atoms with E-state index in [1.807, 2.05) is 13.8 Å². The zero-order chi connectivity index (χ0) is 20.5. The van der Waals surface area contributed by atoms with Crippen LogP contribution in [0, 0.1) is 0 Å². The second-order valence-corrected chi connectivity index (χ2v) is 7.77. The van der Waals surface area contributed by atoms with Gasteiger partial charge in [0.2, 0.25) is 0 Å². The third-order valence-electron chi connectivity index (χ3n) is 4.32. The van der Waals surface area contributed by atoms with E-state index in [0.717, 1.165) is 24.0 Å². The Morgan fingerprint density at radius 2 is 1.14 bits per heavy atom. The average Bonchev–Trinajstić information content (AvgIpc) is 2.65. The predicted molar refractivity (Wildman–Crippen MR) is 118 cm³/mol. The fourth-order valence-corrected chi connectivity index (χ4v) is 3.22. The molecule has 0 atom stereocenters. The summed E-state index contributed by atoms with van der Waals surface area (Å²) in [5.74, 6) is 0.130. The minimum absolute atomic E-state index is 0.0649. The molecule has 28 heavy (non-hydrogen) atoms. The minimum atomic E-state index is 0.0649. The van der Waals surface area contributed by atoms with Crippen LogP contribution in [0.1, 0.15) is 60.2 Å². The van der Waals surface area contributed by atoms with Gasteiger partial charge in [0, 0.05) is 34.0 Å². The van der Waals surface area contributed by atoms with E-state index in [2.05, 4.69) is 12.2 Å². The van der Waals surface area contributed by atoms with Gasteiger partial charge in [-0.05, 0) is 51.0 Å². The molecule has 0 aromatic heterocycles. The van der Waals surface area contributed by atoms with Crippen LogP contribution in [0.5, 0.6) is 0 Å². The Bertz CT molecular complexity index is 835. The molecule has 0 unspecified atom stereocenters. The maximum absolute atomic E-state index is 12.3. The van der Waals surface area contributed by atoms with Crippen molar-refractivity contribution in [2.45, 2.75) is 39.5 Å². The minimum Gasteiger partial charge on any atom is -0.294 e. The molecule has 146 valence electrons. The van der Waals surface area contributed by atoms with Crippen molar-refractivity contribution in [3.63, 3.8) is 0 Å². The first kappa shape index (κ1) is 22.1. The summed E-state index contributed by atoms with van der Waals surface area (Å²) < 4.78 is 0. The molecule has 4 heteroatoms. The molecule has 0 amide bonds. The molecule has 2 nitrogen and oxygen atoms in total. The molecule has 2 rings (SSSR count). The van der Waals surface area contributed by atoms with Crippen LogP contribution in [0.15, 0.2) is 71.8 Å². The van der Waals surface area contributed by atoms with Crippen molar-refractivity contribution in [2.75, 3.05) is 0 Å². The molecular weight excluding hydrogens is 391 g/mol. The van der Waals surface area contributed by atoms with Crippen molar-refractivity contribution < 1.29 is 9.59 Å². The van der Waals surface area contributed by atoms with Gasteiger partial charge in [0.25, 0.3) is 0 Å². The first-order valence-corrected chi connectivity index (χ1v) is 9.99.